The minimum absolute atomic E-state index is 0.342. The van der Waals surface area contributed by atoms with Crippen LogP contribution in [-0.2, 0) is 9.59 Å². The molecule has 0 aliphatic rings. The molecule has 4 heteroatoms. The highest BCUT2D eigenvalue weighted by molar-refractivity contribution is 5.66. The minimum atomic E-state index is -0.654. The van der Waals surface area contributed by atoms with Crippen molar-refractivity contribution in [3.8, 4) is 0 Å². The molecule has 0 aromatic rings. The van der Waals surface area contributed by atoms with Crippen molar-refractivity contribution in [2.45, 2.75) is 284 Å². The van der Waals surface area contributed by atoms with Gasteiger partial charge in [-0.15, -0.1) is 0 Å². The highest BCUT2D eigenvalue weighted by Gasteiger charge is 1.99. The predicted molar refractivity (Wildman–Crippen MR) is 230 cm³/mol. The summed E-state index contributed by atoms with van der Waals surface area (Å²) in [6.45, 7) is 4.56. The zero-order chi connectivity index (χ0) is 38.3. The van der Waals surface area contributed by atoms with E-state index in [-0.39, 0.29) is 0 Å². The number of hydrogen-bond donors (Lipinski definition) is 2. The van der Waals surface area contributed by atoms with Gasteiger partial charge in [-0.3, -0.25) is 9.59 Å². The van der Waals surface area contributed by atoms with Gasteiger partial charge in [-0.2, -0.15) is 0 Å². The maximum Gasteiger partial charge on any atom is 0.303 e. The SMILES string of the molecule is CCCCCCCCC=CCCCCCCCCCCCCCC(=O)O.CCCCCCCCCCCCCCCCCCCCCCCC(=O)O. The smallest absolute Gasteiger partial charge is 0.303 e. The van der Waals surface area contributed by atoms with E-state index in [0.29, 0.717) is 12.8 Å². The summed E-state index contributed by atoms with van der Waals surface area (Å²) in [4.78, 5) is 20.8. The molecule has 0 aromatic carbocycles. The van der Waals surface area contributed by atoms with Gasteiger partial charge in [-0.1, -0.05) is 244 Å². The molecule has 310 valence electrons. The molecule has 0 aliphatic heterocycles. The molecule has 0 heterocycles. The van der Waals surface area contributed by atoms with Crippen LogP contribution in [0.5, 0.6) is 0 Å². The van der Waals surface area contributed by atoms with Crippen molar-refractivity contribution in [2.24, 2.45) is 0 Å². The van der Waals surface area contributed by atoms with E-state index in [1.54, 1.807) is 0 Å². The standard InChI is InChI=1S/C24H48O2.C24H46O2/c2*1-2-3-4-5-6-7-8-9-10-11-12-13-14-15-16-17-18-19-20-21-22-23-24(25)26/h2-23H2,1H3,(H,25,26);9-10H,2-8,11-23H2,1H3,(H,25,26). The van der Waals surface area contributed by atoms with E-state index in [0.717, 1.165) is 25.7 Å². The summed E-state index contributed by atoms with van der Waals surface area (Å²) in [7, 11) is 0. The molecule has 0 spiro atoms. The lowest BCUT2D eigenvalue weighted by molar-refractivity contribution is -0.138. The predicted octanol–water partition coefficient (Wildman–Crippen LogP) is 17.1. The third-order valence-electron chi connectivity index (χ3n) is 10.6. The lowest BCUT2D eigenvalue weighted by Crippen LogP contribution is -1.93. The van der Waals surface area contributed by atoms with Gasteiger partial charge in [0.2, 0.25) is 0 Å². The third-order valence-corrected chi connectivity index (χ3v) is 10.6. The van der Waals surface area contributed by atoms with Crippen LogP contribution in [0.1, 0.15) is 284 Å². The van der Waals surface area contributed by atoms with Gasteiger partial charge < -0.3 is 10.2 Å². The summed E-state index contributed by atoms with van der Waals surface area (Å²) in [5, 5.41) is 17.1. The van der Waals surface area contributed by atoms with Crippen LogP contribution in [0.4, 0.5) is 0 Å². The zero-order valence-corrected chi connectivity index (χ0v) is 35.6. The Hall–Kier alpha value is -1.32. The highest BCUT2D eigenvalue weighted by Crippen LogP contribution is 2.16. The average Bonchev–Trinajstić information content (AvgIpc) is 3.13. The van der Waals surface area contributed by atoms with Crippen LogP contribution < -0.4 is 0 Å². The van der Waals surface area contributed by atoms with Gasteiger partial charge in [0.05, 0.1) is 0 Å². The number of carboxylic acids is 2. The van der Waals surface area contributed by atoms with E-state index >= 15 is 0 Å². The van der Waals surface area contributed by atoms with Gasteiger partial charge in [0.15, 0.2) is 0 Å². The summed E-state index contributed by atoms with van der Waals surface area (Å²) in [5.74, 6) is -1.30. The summed E-state index contributed by atoms with van der Waals surface area (Å²) < 4.78 is 0. The fourth-order valence-corrected chi connectivity index (χ4v) is 7.12. The lowest BCUT2D eigenvalue weighted by Gasteiger charge is -2.04. The van der Waals surface area contributed by atoms with Crippen LogP contribution >= 0.6 is 0 Å². The normalized spacial score (nSPS) is 11.3. The van der Waals surface area contributed by atoms with Crippen LogP contribution in [0.3, 0.4) is 0 Å². The van der Waals surface area contributed by atoms with Crippen molar-refractivity contribution in [2.75, 3.05) is 0 Å². The Morgan fingerprint density at radius 2 is 0.462 bits per heavy atom. The number of allylic oxidation sites excluding steroid dienone is 2. The average molecular weight is 735 g/mol. The van der Waals surface area contributed by atoms with Crippen LogP contribution in [0.25, 0.3) is 0 Å². The Bertz CT molecular complexity index is 702. The number of carboxylic acid groups (broad SMARTS) is 2. The summed E-state index contributed by atoms with van der Waals surface area (Å²) in [6.07, 6.45) is 59.1. The lowest BCUT2D eigenvalue weighted by atomic mass is 10.0. The maximum atomic E-state index is 10.4. The van der Waals surface area contributed by atoms with Crippen LogP contribution in [0.15, 0.2) is 12.2 Å². The topological polar surface area (TPSA) is 74.6 Å². The molecule has 52 heavy (non-hydrogen) atoms. The molecule has 2 N–H and O–H groups in total. The third kappa shape index (κ3) is 55.4. The minimum Gasteiger partial charge on any atom is -0.481 e. The molecule has 0 fully saturated rings. The molecular formula is C48H94O4. The van der Waals surface area contributed by atoms with Crippen molar-refractivity contribution < 1.29 is 19.8 Å². The number of hydrogen-bond acceptors (Lipinski definition) is 2. The molecule has 0 aliphatic carbocycles. The Kier molecular flexibility index (Phi) is 50.4. The second-order valence-corrected chi connectivity index (χ2v) is 16.1. The number of rotatable bonds is 43. The molecule has 0 amide bonds. The number of aliphatic carboxylic acids is 2. The molecule has 0 rings (SSSR count). The fraction of sp³-hybridized carbons (Fsp3) is 0.917. The number of unbranched alkanes of at least 4 members (excludes halogenated alkanes) is 37. The van der Waals surface area contributed by atoms with E-state index < -0.39 is 11.9 Å². The van der Waals surface area contributed by atoms with Gasteiger partial charge in [0, 0.05) is 12.8 Å². The van der Waals surface area contributed by atoms with Crippen molar-refractivity contribution in [3.63, 3.8) is 0 Å². The second-order valence-electron chi connectivity index (χ2n) is 16.1. The summed E-state index contributed by atoms with van der Waals surface area (Å²) in [6, 6.07) is 0. The van der Waals surface area contributed by atoms with Crippen LogP contribution in [0, 0.1) is 0 Å². The van der Waals surface area contributed by atoms with Gasteiger partial charge in [-0.05, 0) is 38.5 Å². The van der Waals surface area contributed by atoms with E-state index in [4.69, 9.17) is 10.2 Å². The van der Waals surface area contributed by atoms with Gasteiger partial charge in [-0.25, -0.2) is 0 Å². The van der Waals surface area contributed by atoms with Gasteiger partial charge in [0.1, 0.15) is 0 Å². The van der Waals surface area contributed by atoms with Gasteiger partial charge in [0.25, 0.3) is 0 Å². The molecule has 0 bridgehead atoms. The highest BCUT2D eigenvalue weighted by atomic mass is 16.4. The van der Waals surface area contributed by atoms with Crippen molar-refractivity contribution in [3.05, 3.63) is 12.2 Å². The van der Waals surface area contributed by atoms with Crippen molar-refractivity contribution in [1.82, 2.24) is 0 Å². The van der Waals surface area contributed by atoms with E-state index in [9.17, 15) is 9.59 Å². The molecule has 0 saturated carbocycles. The molecule has 0 atom stereocenters. The first-order valence-electron chi connectivity index (χ1n) is 23.6. The first-order chi connectivity index (χ1) is 25.5. The first kappa shape index (κ1) is 52.8. The van der Waals surface area contributed by atoms with E-state index in [1.165, 1.54) is 231 Å². The molecule has 0 aromatic heterocycles. The van der Waals surface area contributed by atoms with Crippen LogP contribution in [-0.4, -0.2) is 22.2 Å². The fourth-order valence-electron chi connectivity index (χ4n) is 7.12. The Morgan fingerprint density at radius 3 is 0.654 bits per heavy atom. The molecular weight excluding hydrogens is 641 g/mol. The maximum absolute atomic E-state index is 10.4. The van der Waals surface area contributed by atoms with Gasteiger partial charge >= 0.3 is 11.9 Å². The molecule has 0 unspecified atom stereocenters. The monoisotopic (exact) mass is 735 g/mol. The van der Waals surface area contributed by atoms with E-state index in [1.807, 2.05) is 0 Å². The molecule has 0 saturated heterocycles. The molecule has 0 radical (unpaired) electrons. The molecule has 4 nitrogen and oxygen atoms in total. The summed E-state index contributed by atoms with van der Waals surface area (Å²) >= 11 is 0. The zero-order valence-electron chi connectivity index (χ0n) is 35.6. The number of carbonyl (C=O) groups is 2. The Labute approximate surface area is 326 Å². The summed E-state index contributed by atoms with van der Waals surface area (Å²) in [5.41, 5.74) is 0. The van der Waals surface area contributed by atoms with E-state index in [2.05, 4.69) is 26.0 Å². The first-order valence-corrected chi connectivity index (χ1v) is 23.6. The van der Waals surface area contributed by atoms with Crippen molar-refractivity contribution >= 4 is 11.9 Å². The Morgan fingerprint density at radius 1 is 0.288 bits per heavy atom. The largest absolute Gasteiger partial charge is 0.481 e. The van der Waals surface area contributed by atoms with Crippen molar-refractivity contribution in [1.29, 1.82) is 0 Å². The Balaban J connectivity index is 0. The van der Waals surface area contributed by atoms with Crippen LogP contribution in [0.2, 0.25) is 0 Å². The quantitative estimate of drug-likeness (QED) is 0.0483. The second kappa shape index (κ2) is 49.7.